The highest BCUT2D eigenvalue weighted by Crippen LogP contribution is 2.20. The highest BCUT2D eigenvalue weighted by atomic mass is 35.5. The first-order valence-corrected chi connectivity index (χ1v) is 4.59. The van der Waals surface area contributed by atoms with Crippen LogP contribution in [0.4, 0.5) is 0 Å². The van der Waals surface area contributed by atoms with Gasteiger partial charge in [0.2, 0.25) is 5.88 Å². The molecule has 1 aromatic rings. The van der Waals surface area contributed by atoms with Gasteiger partial charge in [0.1, 0.15) is 5.82 Å². The minimum Gasteiger partial charge on any atom is -0.481 e. The monoisotopic (exact) mass is 200 g/mol. The summed E-state index contributed by atoms with van der Waals surface area (Å²) in [5.74, 6) is 1.44. The highest BCUT2D eigenvalue weighted by Gasteiger charge is 2.14. The van der Waals surface area contributed by atoms with Gasteiger partial charge >= 0.3 is 0 Å². The third-order valence-corrected chi connectivity index (χ3v) is 2.33. The van der Waals surface area contributed by atoms with Gasteiger partial charge in [-0.1, -0.05) is 6.92 Å². The summed E-state index contributed by atoms with van der Waals surface area (Å²) in [6, 6.07) is 1.72. The topological polar surface area (TPSA) is 35.0 Å². The molecule has 0 amide bonds. The van der Waals surface area contributed by atoms with Crippen molar-refractivity contribution in [2.45, 2.75) is 25.1 Å². The molecule has 0 radical (unpaired) electrons. The van der Waals surface area contributed by atoms with Crippen LogP contribution in [-0.4, -0.2) is 22.5 Å². The SMILES string of the molecule is COc1ccnc(C(C)C(C)Cl)n1. The fourth-order valence-electron chi connectivity index (χ4n) is 0.895. The molecule has 0 aromatic carbocycles. The summed E-state index contributed by atoms with van der Waals surface area (Å²) in [4.78, 5) is 8.33. The Hall–Kier alpha value is -0.830. The maximum atomic E-state index is 5.94. The second-order valence-electron chi connectivity index (χ2n) is 2.92. The third kappa shape index (κ3) is 2.56. The lowest BCUT2D eigenvalue weighted by atomic mass is 10.1. The number of aromatic nitrogens is 2. The van der Waals surface area contributed by atoms with Crippen LogP contribution in [0.2, 0.25) is 0 Å². The van der Waals surface area contributed by atoms with Crippen molar-refractivity contribution >= 4 is 11.6 Å². The summed E-state index contributed by atoms with van der Waals surface area (Å²) < 4.78 is 4.99. The molecule has 1 rings (SSSR count). The molecule has 0 saturated heterocycles. The van der Waals surface area contributed by atoms with Gasteiger partial charge in [0.25, 0.3) is 0 Å². The Bertz CT molecular complexity index is 278. The minimum atomic E-state index is 0.0205. The van der Waals surface area contributed by atoms with E-state index >= 15 is 0 Å². The molecule has 3 nitrogen and oxygen atoms in total. The number of rotatable bonds is 3. The number of nitrogens with zero attached hydrogens (tertiary/aromatic N) is 2. The fourth-order valence-corrected chi connectivity index (χ4v) is 1.01. The lowest BCUT2D eigenvalue weighted by molar-refractivity contribution is 0.393. The summed E-state index contributed by atoms with van der Waals surface area (Å²) in [5.41, 5.74) is 0. The molecule has 0 N–H and O–H groups in total. The van der Waals surface area contributed by atoms with Gasteiger partial charge in [0.15, 0.2) is 0 Å². The predicted octanol–water partition coefficient (Wildman–Crippen LogP) is 2.22. The molecule has 72 valence electrons. The van der Waals surface area contributed by atoms with Crippen LogP contribution in [0.1, 0.15) is 25.6 Å². The highest BCUT2D eigenvalue weighted by molar-refractivity contribution is 6.20. The average Bonchev–Trinajstić information content (AvgIpc) is 2.16. The smallest absolute Gasteiger partial charge is 0.216 e. The molecule has 13 heavy (non-hydrogen) atoms. The van der Waals surface area contributed by atoms with Crippen molar-refractivity contribution in [3.05, 3.63) is 18.1 Å². The predicted molar refractivity (Wildman–Crippen MR) is 52.3 cm³/mol. The first kappa shape index (κ1) is 10.3. The molecular weight excluding hydrogens is 188 g/mol. The molecule has 0 spiro atoms. The van der Waals surface area contributed by atoms with Crippen molar-refractivity contribution < 1.29 is 4.74 Å². The van der Waals surface area contributed by atoms with E-state index in [1.165, 1.54) is 0 Å². The standard InChI is InChI=1S/C9H13ClN2O/c1-6(7(2)10)9-11-5-4-8(12-9)13-3/h4-7H,1-3H3. The van der Waals surface area contributed by atoms with Crippen LogP contribution in [0.15, 0.2) is 12.3 Å². The Balaban J connectivity index is 2.88. The Morgan fingerprint density at radius 1 is 1.46 bits per heavy atom. The number of hydrogen-bond donors (Lipinski definition) is 0. The van der Waals surface area contributed by atoms with Gasteiger partial charge in [-0.05, 0) is 6.92 Å². The van der Waals surface area contributed by atoms with Crippen LogP contribution < -0.4 is 4.74 Å². The zero-order valence-electron chi connectivity index (χ0n) is 7.99. The number of ether oxygens (including phenoxy) is 1. The molecule has 1 aromatic heterocycles. The van der Waals surface area contributed by atoms with Crippen molar-refractivity contribution in [1.82, 2.24) is 9.97 Å². The van der Waals surface area contributed by atoms with Gasteiger partial charge in [0, 0.05) is 23.6 Å². The summed E-state index contributed by atoms with van der Waals surface area (Å²) in [7, 11) is 1.58. The van der Waals surface area contributed by atoms with Gasteiger partial charge in [-0.3, -0.25) is 0 Å². The lowest BCUT2D eigenvalue weighted by Gasteiger charge is -2.12. The maximum absolute atomic E-state index is 5.94. The van der Waals surface area contributed by atoms with Gasteiger partial charge in [-0.25, -0.2) is 4.98 Å². The second kappa shape index (κ2) is 4.42. The number of hydrogen-bond acceptors (Lipinski definition) is 3. The summed E-state index contributed by atoms with van der Waals surface area (Å²) in [6.45, 7) is 3.92. The van der Waals surface area contributed by atoms with E-state index in [2.05, 4.69) is 9.97 Å². The molecule has 4 heteroatoms. The first-order chi connectivity index (χ1) is 6.15. The van der Waals surface area contributed by atoms with Gasteiger partial charge < -0.3 is 4.74 Å². The first-order valence-electron chi connectivity index (χ1n) is 4.16. The molecule has 0 aliphatic heterocycles. The largest absolute Gasteiger partial charge is 0.481 e. The Morgan fingerprint density at radius 3 is 2.69 bits per heavy atom. The van der Waals surface area contributed by atoms with Crippen molar-refractivity contribution in [3.8, 4) is 5.88 Å². The van der Waals surface area contributed by atoms with E-state index < -0.39 is 0 Å². The maximum Gasteiger partial charge on any atom is 0.216 e. The van der Waals surface area contributed by atoms with E-state index in [-0.39, 0.29) is 11.3 Å². The third-order valence-electron chi connectivity index (χ3n) is 1.95. The zero-order chi connectivity index (χ0) is 9.84. The van der Waals surface area contributed by atoms with Crippen LogP contribution in [-0.2, 0) is 0 Å². The molecule has 0 saturated carbocycles. The van der Waals surface area contributed by atoms with E-state index in [1.54, 1.807) is 19.4 Å². The molecule has 0 bridgehead atoms. The van der Waals surface area contributed by atoms with Crippen LogP contribution >= 0.6 is 11.6 Å². The van der Waals surface area contributed by atoms with Crippen molar-refractivity contribution in [3.63, 3.8) is 0 Å². The molecule has 0 fully saturated rings. The molecule has 0 aliphatic rings. The quantitative estimate of drug-likeness (QED) is 0.702. The minimum absolute atomic E-state index is 0.0205. The molecule has 2 unspecified atom stereocenters. The van der Waals surface area contributed by atoms with Crippen LogP contribution in [0.3, 0.4) is 0 Å². The zero-order valence-corrected chi connectivity index (χ0v) is 8.75. The Morgan fingerprint density at radius 2 is 2.15 bits per heavy atom. The van der Waals surface area contributed by atoms with Crippen molar-refractivity contribution in [2.24, 2.45) is 0 Å². The Kier molecular flexibility index (Phi) is 3.48. The normalized spacial score (nSPS) is 15.1. The molecule has 0 aliphatic carbocycles. The lowest BCUT2D eigenvalue weighted by Crippen LogP contribution is -2.09. The molecular formula is C9H13ClN2O. The molecule has 1 heterocycles. The number of methoxy groups -OCH3 is 1. The van der Waals surface area contributed by atoms with Crippen LogP contribution in [0.25, 0.3) is 0 Å². The Labute approximate surface area is 83.1 Å². The van der Waals surface area contributed by atoms with E-state index in [0.717, 1.165) is 5.82 Å². The van der Waals surface area contributed by atoms with E-state index in [9.17, 15) is 0 Å². The van der Waals surface area contributed by atoms with E-state index in [4.69, 9.17) is 16.3 Å². The fraction of sp³-hybridized carbons (Fsp3) is 0.556. The van der Waals surface area contributed by atoms with E-state index in [1.807, 2.05) is 13.8 Å². The second-order valence-corrected chi connectivity index (χ2v) is 3.61. The van der Waals surface area contributed by atoms with Crippen LogP contribution in [0, 0.1) is 0 Å². The van der Waals surface area contributed by atoms with Crippen molar-refractivity contribution in [1.29, 1.82) is 0 Å². The van der Waals surface area contributed by atoms with Gasteiger partial charge in [0.05, 0.1) is 7.11 Å². The number of alkyl halides is 1. The number of halogens is 1. The summed E-state index contributed by atoms with van der Waals surface area (Å²) >= 11 is 5.94. The van der Waals surface area contributed by atoms with Crippen LogP contribution in [0.5, 0.6) is 5.88 Å². The van der Waals surface area contributed by atoms with Gasteiger partial charge in [-0.2, -0.15) is 4.98 Å². The average molecular weight is 201 g/mol. The summed E-state index contributed by atoms with van der Waals surface area (Å²) in [6.07, 6.45) is 1.68. The van der Waals surface area contributed by atoms with E-state index in [0.29, 0.717) is 5.88 Å². The van der Waals surface area contributed by atoms with Crippen molar-refractivity contribution in [2.75, 3.05) is 7.11 Å². The molecule has 2 atom stereocenters. The summed E-state index contributed by atoms with van der Waals surface area (Å²) in [5, 5.41) is 0.0205. The van der Waals surface area contributed by atoms with Gasteiger partial charge in [-0.15, -0.1) is 11.6 Å².